The first kappa shape index (κ1) is 14.6. The average molecular weight is 367 g/mol. The fraction of sp³-hybridized carbons (Fsp3) is 0.364. The number of pyridine rings is 1. The van der Waals surface area contributed by atoms with Crippen molar-refractivity contribution in [3.05, 3.63) is 22.3 Å². The standard InChI is InChI=1S/C11H10BrCl2N3O2/c1-2-19-11(18)7-5-8(12)16-17(7)10-6(13)3-4-9(14)15-10/h3-4,7H,2,5H2,1H3. The van der Waals surface area contributed by atoms with Crippen LogP contribution in [0.2, 0.25) is 10.2 Å². The van der Waals surface area contributed by atoms with Gasteiger partial charge >= 0.3 is 5.97 Å². The van der Waals surface area contributed by atoms with Crippen molar-refractivity contribution in [3.63, 3.8) is 0 Å². The van der Waals surface area contributed by atoms with Crippen LogP contribution in [-0.2, 0) is 9.53 Å². The molecule has 1 atom stereocenters. The molecule has 1 aromatic heterocycles. The maximum absolute atomic E-state index is 11.9. The third-order valence-electron chi connectivity index (χ3n) is 2.44. The normalized spacial score (nSPS) is 18.4. The second-order valence-electron chi connectivity index (χ2n) is 3.73. The summed E-state index contributed by atoms with van der Waals surface area (Å²) in [6.07, 6.45) is 0.406. The van der Waals surface area contributed by atoms with Gasteiger partial charge in [-0.05, 0) is 35.0 Å². The Kier molecular flexibility index (Phi) is 4.65. The molecule has 19 heavy (non-hydrogen) atoms. The first-order valence-corrected chi connectivity index (χ1v) is 7.08. The Morgan fingerprint density at radius 1 is 1.58 bits per heavy atom. The second kappa shape index (κ2) is 6.07. The van der Waals surface area contributed by atoms with Gasteiger partial charge in [-0.2, -0.15) is 5.10 Å². The van der Waals surface area contributed by atoms with Crippen LogP contribution in [0.3, 0.4) is 0 Å². The Bertz CT molecular complexity index is 539. The summed E-state index contributed by atoms with van der Waals surface area (Å²) < 4.78 is 5.65. The molecule has 0 fully saturated rings. The van der Waals surface area contributed by atoms with E-state index >= 15 is 0 Å². The van der Waals surface area contributed by atoms with E-state index in [9.17, 15) is 4.79 Å². The van der Waals surface area contributed by atoms with E-state index < -0.39 is 6.04 Å². The molecule has 1 aromatic rings. The van der Waals surface area contributed by atoms with E-state index in [4.69, 9.17) is 27.9 Å². The van der Waals surface area contributed by atoms with Crippen LogP contribution in [0, 0.1) is 0 Å². The molecule has 1 aliphatic rings. The van der Waals surface area contributed by atoms with Gasteiger partial charge in [-0.15, -0.1) is 0 Å². The summed E-state index contributed by atoms with van der Waals surface area (Å²) in [7, 11) is 0. The summed E-state index contributed by atoms with van der Waals surface area (Å²) in [5.74, 6) is -0.0415. The van der Waals surface area contributed by atoms with Crippen LogP contribution in [0.5, 0.6) is 0 Å². The monoisotopic (exact) mass is 365 g/mol. The second-order valence-corrected chi connectivity index (χ2v) is 5.44. The molecule has 0 saturated carbocycles. The number of aromatic nitrogens is 1. The molecule has 0 aliphatic carbocycles. The molecule has 0 spiro atoms. The van der Waals surface area contributed by atoms with Crippen LogP contribution >= 0.6 is 39.1 Å². The molecule has 0 bridgehead atoms. The van der Waals surface area contributed by atoms with Crippen LogP contribution in [0.15, 0.2) is 17.2 Å². The number of hydrazone groups is 1. The number of hydrogen-bond acceptors (Lipinski definition) is 5. The summed E-state index contributed by atoms with van der Waals surface area (Å²) in [6, 6.07) is 2.59. The van der Waals surface area contributed by atoms with E-state index in [1.807, 2.05) is 0 Å². The lowest BCUT2D eigenvalue weighted by molar-refractivity contribution is -0.144. The van der Waals surface area contributed by atoms with Crippen LogP contribution in [-0.4, -0.2) is 28.2 Å². The zero-order valence-electron chi connectivity index (χ0n) is 9.94. The third kappa shape index (κ3) is 3.19. The minimum atomic E-state index is -0.585. The molecule has 0 saturated heterocycles. The molecule has 0 N–H and O–H groups in total. The highest BCUT2D eigenvalue weighted by molar-refractivity contribution is 9.18. The van der Waals surface area contributed by atoms with E-state index in [2.05, 4.69) is 26.0 Å². The number of halogens is 3. The molecule has 2 heterocycles. The molecule has 102 valence electrons. The molecule has 0 aromatic carbocycles. The minimum absolute atomic E-state index is 0.278. The van der Waals surface area contributed by atoms with Gasteiger partial charge in [0.05, 0.1) is 11.6 Å². The van der Waals surface area contributed by atoms with E-state index in [0.29, 0.717) is 28.5 Å². The highest BCUT2D eigenvalue weighted by Gasteiger charge is 2.35. The molecule has 2 rings (SSSR count). The molecule has 8 heteroatoms. The number of hydrogen-bond donors (Lipinski definition) is 0. The van der Waals surface area contributed by atoms with Gasteiger partial charge in [0, 0.05) is 6.42 Å². The lowest BCUT2D eigenvalue weighted by Crippen LogP contribution is -2.36. The summed E-state index contributed by atoms with van der Waals surface area (Å²) in [6.45, 7) is 2.05. The van der Waals surface area contributed by atoms with E-state index in [1.54, 1.807) is 19.1 Å². The largest absolute Gasteiger partial charge is 0.464 e. The maximum Gasteiger partial charge on any atom is 0.331 e. The minimum Gasteiger partial charge on any atom is -0.464 e. The predicted octanol–water partition coefficient (Wildman–Crippen LogP) is 3.24. The Morgan fingerprint density at radius 3 is 3.00 bits per heavy atom. The zero-order valence-corrected chi connectivity index (χ0v) is 13.0. The molecular formula is C11H10BrCl2N3O2. The van der Waals surface area contributed by atoms with Gasteiger partial charge in [-0.3, -0.25) is 0 Å². The van der Waals surface area contributed by atoms with Crippen LogP contribution in [0.25, 0.3) is 0 Å². The van der Waals surface area contributed by atoms with Crippen molar-refractivity contribution in [2.75, 3.05) is 11.6 Å². The van der Waals surface area contributed by atoms with Crippen molar-refractivity contribution in [1.82, 2.24) is 4.98 Å². The van der Waals surface area contributed by atoms with Crippen molar-refractivity contribution in [2.45, 2.75) is 19.4 Å². The summed E-state index contributed by atoms with van der Waals surface area (Å²) in [5, 5.41) is 6.28. The fourth-order valence-electron chi connectivity index (χ4n) is 1.66. The first-order valence-electron chi connectivity index (χ1n) is 5.53. The smallest absolute Gasteiger partial charge is 0.331 e. The van der Waals surface area contributed by atoms with E-state index in [1.165, 1.54) is 5.01 Å². The number of esters is 1. The van der Waals surface area contributed by atoms with Crippen LogP contribution < -0.4 is 5.01 Å². The van der Waals surface area contributed by atoms with Gasteiger partial charge in [0.25, 0.3) is 0 Å². The fourth-order valence-corrected chi connectivity index (χ4v) is 2.47. The zero-order chi connectivity index (χ0) is 14.0. The highest BCUT2D eigenvalue weighted by Crippen LogP contribution is 2.32. The highest BCUT2D eigenvalue weighted by atomic mass is 79.9. The van der Waals surface area contributed by atoms with Crippen molar-refractivity contribution in [2.24, 2.45) is 5.10 Å². The molecule has 0 radical (unpaired) electrons. The number of rotatable bonds is 3. The Hall–Kier alpha value is -0.850. The first-order chi connectivity index (χ1) is 9.02. The Labute approximate surface area is 128 Å². The molecule has 1 aliphatic heterocycles. The maximum atomic E-state index is 11.9. The SMILES string of the molecule is CCOC(=O)C1CC(Br)=NN1c1nc(Cl)ccc1Cl. The summed E-state index contributed by atoms with van der Waals surface area (Å²) >= 11 is 15.2. The molecule has 5 nitrogen and oxygen atoms in total. The average Bonchev–Trinajstić information content (AvgIpc) is 2.75. The Balaban J connectivity index is 2.34. The number of anilines is 1. The van der Waals surface area contributed by atoms with Crippen molar-refractivity contribution < 1.29 is 9.53 Å². The Morgan fingerprint density at radius 2 is 2.32 bits per heavy atom. The van der Waals surface area contributed by atoms with Gasteiger partial charge in [0.2, 0.25) is 0 Å². The van der Waals surface area contributed by atoms with Gasteiger partial charge in [-0.25, -0.2) is 14.8 Å². The van der Waals surface area contributed by atoms with Crippen molar-refractivity contribution >= 4 is 55.5 Å². The van der Waals surface area contributed by atoms with Gasteiger partial charge in [-0.1, -0.05) is 23.2 Å². The quantitative estimate of drug-likeness (QED) is 0.608. The summed E-state index contributed by atoms with van der Waals surface area (Å²) in [5.41, 5.74) is 0. The van der Waals surface area contributed by atoms with Crippen LogP contribution in [0.4, 0.5) is 5.82 Å². The van der Waals surface area contributed by atoms with Gasteiger partial charge < -0.3 is 4.74 Å². The number of carbonyl (C=O) groups excluding carboxylic acids is 1. The number of carbonyl (C=O) groups is 1. The molecule has 0 amide bonds. The van der Waals surface area contributed by atoms with E-state index in [-0.39, 0.29) is 11.1 Å². The summed E-state index contributed by atoms with van der Waals surface area (Å²) in [4.78, 5) is 16.0. The molecule has 1 unspecified atom stereocenters. The number of nitrogens with zero attached hydrogens (tertiary/aromatic N) is 3. The predicted molar refractivity (Wildman–Crippen MR) is 78.1 cm³/mol. The van der Waals surface area contributed by atoms with Crippen molar-refractivity contribution in [1.29, 1.82) is 0 Å². The van der Waals surface area contributed by atoms with Crippen LogP contribution in [0.1, 0.15) is 13.3 Å². The lowest BCUT2D eigenvalue weighted by Gasteiger charge is -2.21. The third-order valence-corrected chi connectivity index (χ3v) is 3.43. The van der Waals surface area contributed by atoms with E-state index in [0.717, 1.165) is 0 Å². The lowest BCUT2D eigenvalue weighted by atomic mass is 10.2. The van der Waals surface area contributed by atoms with Crippen molar-refractivity contribution in [3.8, 4) is 0 Å². The van der Waals surface area contributed by atoms with Gasteiger partial charge in [0.1, 0.15) is 9.77 Å². The molecular weight excluding hydrogens is 357 g/mol. The number of ether oxygens (including phenoxy) is 1. The van der Waals surface area contributed by atoms with Gasteiger partial charge in [0.15, 0.2) is 11.9 Å². The topological polar surface area (TPSA) is 54.8 Å².